The van der Waals surface area contributed by atoms with Crippen LogP contribution in [-0.4, -0.2) is 30.1 Å². The summed E-state index contributed by atoms with van der Waals surface area (Å²) in [5, 5.41) is 1.07. The van der Waals surface area contributed by atoms with Gasteiger partial charge in [0.2, 0.25) is 0 Å². The molecular formula is C13H15Cl2NO2. The number of benzene rings is 1. The SMILES string of the molecule is CC1CC(N(C)Cc2ccc(Cl)c(Cl)c2)C(=O)O1. The molecule has 0 radical (unpaired) electrons. The van der Waals surface area contributed by atoms with Gasteiger partial charge in [-0.2, -0.15) is 0 Å². The highest BCUT2D eigenvalue weighted by Gasteiger charge is 2.34. The molecule has 0 bridgehead atoms. The fourth-order valence-corrected chi connectivity index (χ4v) is 2.45. The summed E-state index contributed by atoms with van der Waals surface area (Å²) in [7, 11) is 1.91. The highest BCUT2D eigenvalue weighted by atomic mass is 35.5. The summed E-state index contributed by atoms with van der Waals surface area (Å²) in [6.45, 7) is 2.55. The van der Waals surface area contributed by atoms with Crippen molar-refractivity contribution in [2.45, 2.75) is 32.0 Å². The van der Waals surface area contributed by atoms with Crippen LogP contribution >= 0.6 is 23.2 Å². The lowest BCUT2D eigenvalue weighted by molar-refractivity contribution is -0.144. The molecule has 1 fully saturated rings. The first-order valence-electron chi connectivity index (χ1n) is 5.82. The van der Waals surface area contributed by atoms with Crippen molar-refractivity contribution >= 4 is 29.2 Å². The predicted octanol–water partition coefficient (Wildman–Crippen LogP) is 3.13. The summed E-state index contributed by atoms with van der Waals surface area (Å²) in [6, 6.07) is 5.33. The van der Waals surface area contributed by atoms with Crippen molar-refractivity contribution < 1.29 is 9.53 Å². The third-order valence-corrected chi connectivity index (χ3v) is 3.83. The molecule has 1 aromatic rings. The summed E-state index contributed by atoms with van der Waals surface area (Å²) >= 11 is 11.8. The molecule has 1 aliphatic heterocycles. The number of rotatable bonds is 3. The highest BCUT2D eigenvalue weighted by molar-refractivity contribution is 6.42. The molecule has 1 aromatic carbocycles. The first kappa shape index (κ1) is 13.7. The van der Waals surface area contributed by atoms with Crippen LogP contribution in [0.5, 0.6) is 0 Å². The summed E-state index contributed by atoms with van der Waals surface area (Å²) in [5.41, 5.74) is 1.03. The molecule has 1 heterocycles. The standard InChI is InChI=1S/C13H15Cl2NO2/c1-8-5-12(13(17)18-8)16(2)7-9-3-4-10(14)11(15)6-9/h3-4,6,8,12H,5,7H2,1-2H3. The van der Waals surface area contributed by atoms with Crippen LogP contribution in [0.3, 0.4) is 0 Å². The molecule has 18 heavy (non-hydrogen) atoms. The van der Waals surface area contributed by atoms with Gasteiger partial charge >= 0.3 is 5.97 Å². The molecule has 2 atom stereocenters. The number of carbonyl (C=O) groups excluding carboxylic acids is 1. The maximum absolute atomic E-state index is 11.6. The van der Waals surface area contributed by atoms with E-state index in [4.69, 9.17) is 27.9 Å². The van der Waals surface area contributed by atoms with Crippen LogP contribution in [0.4, 0.5) is 0 Å². The van der Waals surface area contributed by atoms with E-state index >= 15 is 0 Å². The fraction of sp³-hybridized carbons (Fsp3) is 0.462. The van der Waals surface area contributed by atoms with E-state index in [1.165, 1.54) is 0 Å². The lowest BCUT2D eigenvalue weighted by Gasteiger charge is -2.21. The van der Waals surface area contributed by atoms with Crippen LogP contribution in [0.15, 0.2) is 18.2 Å². The number of hydrogen-bond donors (Lipinski definition) is 0. The minimum absolute atomic E-state index is 0.00115. The Labute approximate surface area is 117 Å². The zero-order chi connectivity index (χ0) is 13.3. The van der Waals surface area contributed by atoms with Gasteiger partial charge in [0.15, 0.2) is 0 Å². The average Bonchev–Trinajstić information content (AvgIpc) is 2.63. The van der Waals surface area contributed by atoms with Gasteiger partial charge in [0.25, 0.3) is 0 Å². The minimum atomic E-state index is -0.172. The van der Waals surface area contributed by atoms with E-state index in [2.05, 4.69) is 0 Å². The number of carbonyl (C=O) groups is 1. The van der Waals surface area contributed by atoms with Crippen molar-refractivity contribution in [1.82, 2.24) is 4.90 Å². The van der Waals surface area contributed by atoms with Crippen molar-refractivity contribution in [3.8, 4) is 0 Å². The Morgan fingerprint density at radius 1 is 1.39 bits per heavy atom. The molecule has 0 aliphatic carbocycles. The summed E-state index contributed by atoms with van der Waals surface area (Å²) < 4.78 is 5.15. The molecule has 3 nitrogen and oxygen atoms in total. The van der Waals surface area contributed by atoms with E-state index in [1.54, 1.807) is 6.07 Å². The van der Waals surface area contributed by atoms with E-state index in [0.717, 1.165) is 12.0 Å². The second kappa shape index (κ2) is 5.47. The van der Waals surface area contributed by atoms with E-state index in [9.17, 15) is 4.79 Å². The van der Waals surface area contributed by atoms with Gasteiger partial charge in [0, 0.05) is 13.0 Å². The first-order chi connectivity index (χ1) is 8.47. The Morgan fingerprint density at radius 2 is 2.11 bits per heavy atom. The number of ether oxygens (including phenoxy) is 1. The third-order valence-electron chi connectivity index (χ3n) is 3.09. The van der Waals surface area contributed by atoms with Crippen molar-refractivity contribution in [1.29, 1.82) is 0 Å². The molecule has 0 saturated carbocycles. The Balaban J connectivity index is 2.04. The first-order valence-corrected chi connectivity index (χ1v) is 6.57. The Hall–Kier alpha value is -0.770. The Morgan fingerprint density at radius 3 is 2.67 bits per heavy atom. The number of halogens is 2. The van der Waals surface area contributed by atoms with E-state index in [-0.39, 0.29) is 18.1 Å². The molecule has 1 saturated heterocycles. The quantitative estimate of drug-likeness (QED) is 0.800. The number of likely N-dealkylation sites (N-methyl/N-ethyl adjacent to an activating group) is 1. The molecule has 5 heteroatoms. The minimum Gasteiger partial charge on any atom is -0.461 e. The molecule has 0 amide bonds. The summed E-state index contributed by atoms with van der Waals surface area (Å²) in [6.07, 6.45) is 0.732. The molecule has 2 unspecified atom stereocenters. The zero-order valence-corrected chi connectivity index (χ0v) is 11.8. The molecule has 0 spiro atoms. The number of hydrogen-bond acceptors (Lipinski definition) is 3. The molecule has 0 aromatic heterocycles. The molecular weight excluding hydrogens is 273 g/mol. The Kier molecular flexibility index (Phi) is 4.15. The van der Waals surface area contributed by atoms with Gasteiger partial charge in [-0.25, -0.2) is 0 Å². The number of cyclic esters (lactones) is 1. The van der Waals surface area contributed by atoms with E-state index in [0.29, 0.717) is 16.6 Å². The van der Waals surface area contributed by atoms with Gasteiger partial charge in [0.1, 0.15) is 12.1 Å². The van der Waals surface area contributed by atoms with Crippen molar-refractivity contribution in [2.24, 2.45) is 0 Å². The maximum Gasteiger partial charge on any atom is 0.323 e. The predicted molar refractivity (Wildman–Crippen MR) is 71.9 cm³/mol. The van der Waals surface area contributed by atoms with Crippen LogP contribution in [0.25, 0.3) is 0 Å². The largest absolute Gasteiger partial charge is 0.461 e. The maximum atomic E-state index is 11.6. The van der Waals surface area contributed by atoms with Gasteiger partial charge in [-0.15, -0.1) is 0 Å². The van der Waals surface area contributed by atoms with Crippen molar-refractivity contribution in [3.63, 3.8) is 0 Å². The number of esters is 1. The number of nitrogens with zero attached hydrogens (tertiary/aromatic N) is 1. The topological polar surface area (TPSA) is 29.5 Å². The van der Waals surface area contributed by atoms with E-state index in [1.807, 2.05) is 31.0 Å². The monoisotopic (exact) mass is 287 g/mol. The van der Waals surface area contributed by atoms with Crippen molar-refractivity contribution in [2.75, 3.05) is 7.05 Å². The van der Waals surface area contributed by atoms with Crippen LogP contribution in [-0.2, 0) is 16.1 Å². The normalized spacial score (nSPS) is 23.5. The fourth-order valence-electron chi connectivity index (χ4n) is 2.13. The zero-order valence-electron chi connectivity index (χ0n) is 10.3. The van der Waals surface area contributed by atoms with Gasteiger partial charge in [0.05, 0.1) is 10.0 Å². The second-order valence-electron chi connectivity index (χ2n) is 4.66. The average molecular weight is 288 g/mol. The van der Waals surface area contributed by atoms with Crippen LogP contribution in [0.2, 0.25) is 10.0 Å². The van der Waals surface area contributed by atoms with Crippen LogP contribution in [0, 0.1) is 0 Å². The van der Waals surface area contributed by atoms with Crippen molar-refractivity contribution in [3.05, 3.63) is 33.8 Å². The molecule has 0 N–H and O–H groups in total. The van der Waals surface area contributed by atoms with Gasteiger partial charge in [-0.1, -0.05) is 29.3 Å². The lowest BCUT2D eigenvalue weighted by Crippen LogP contribution is -2.34. The third kappa shape index (κ3) is 2.97. The summed E-state index contributed by atoms with van der Waals surface area (Å²) in [5.74, 6) is -0.148. The molecule has 1 aliphatic rings. The molecule has 98 valence electrons. The summed E-state index contributed by atoms with van der Waals surface area (Å²) in [4.78, 5) is 13.6. The second-order valence-corrected chi connectivity index (χ2v) is 5.48. The van der Waals surface area contributed by atoms with Gasteiger partial charge in [-0.3, -0.25) is 9.69 Å². The van der Waals surface area contributed by atoms with E-state index < -0.39 is 0 Å². The van der Waals surface area contributed by atoms with Gasteiger partial charge in [-0.05, 0) is 31.7 Å². The van der Waals surface area contributed by atoms with Crippen LogP contribution < -0.4 is 0 Å². The highest BCUT2D eigenvalue weighted by Crippen LogP contribution is 2.25. The lowest BCUT2D eigenvalue weighted by atomic mass is 10.1. The van der Waals surface area contributed by atoms with Crippen LogP contribution in [0.1, 0.15) is 18.9 Å². The Bertz CT molecular complexity index is 464. The molecule has 2 rings (SSSR count). The smallest absolute Gasteiger partial charge is 0.323 e. The van der Waals surface area contributed by atoms with Gasteiger partial charge < -0.3 is 4.74 Å².